The first kappa shape index (κ1) is 8.94. The molecule has 0 aromatic carbocycles. The number of rotatable bonds is 2. The van der Waals surface area contributed by atoms with Gasteiger partial charge in [-0.05, 0) is 65.6 Å². The average molecular weight is 246 g/mol. The van der Waals surface area contributed by atoms with Crippen molar-refractivity contribution in [2.75, 3.05) is 0 Å². The lowest BCUT2D eigenvalue weighted by Crippen LogP contribution is -2.45. The van der Waals surface area contributed by atoms with Crippen LogP contribution in [-0.2, 0) is 9.59 Å². The van der Waals surface area contributed by atoms with E-state index in [1.165, 1.54) is 6.42 Å². The third-order valence-electron chi connectivity index (χ3n) is 8.16. The van der Waals surface area contributed by atoms with Crippen LogP contribution in [0.5, 0.6) is 0 Å². The van der Waals surface area contributed by atoms with Crippen LogP contribution in [0, 0.1) is 64.6 Å². The molecule has 0 aliphatic heterocycles. The summed E-state index contributed by atoms with van der Waals surface area (Å²) in [4.78, 5) is 23.6. The molecule has 7 aliphatic rings. The zero-order chi connectivity index (χ0) is 12.1. The van der Waals surface area contributed by atoms with Crippen LogP contribution >= 0.6 is 0 Å². The minimum Gasteiger partial charge on any atom is -0.480 e. The zero-order valence-corrected chi connectivity index (χ0v) is 9.69. The second-order valence-corrected chi connectivity index (χ2v) is 7.56. The first-order valence-electron chi connectivity index (χ1n) is 7.08. The summed E-state index contributed by atoms with van der Waals surface area (Å²) in [5.74, 6) is 2.56. The Labute approximate surface area is 103 Å². The molecule has 0 saturated heterocycles. The molecule has 0 amide bonds. The highest BCUT2D eigenvalue weighted by Gasteiger charge is 2.95. The fraction of sp³-hybridized carbons (Fsp3) is 0.857. The monoisotopic (exact) mass is 246 g/mol. The summed E-state index contributed by atoms with van der Waals surface area (Å²) < 4.78 is 0. The van der Waals surface area contributed by atoms with Crippen LogP contribution in [0.3, 0.4) is 0 Å². The Morgan fingerprint density at radius 3 is 1.61 bits per heavy atom. The number of carbonyl (C=O) groups is 2. The Kier molecular flexibility index (Phi) is 1.00. The topological polar surface area (TPSA) is 74.6 Å². The minimum atomic E-state index is -1.40. The maximum absolute atomic E-state index is 11.8. The van der Waals surface area contributed by atoms with Crippen LogP contribution in [0.15, 0.2) is 0 Å². The fourth-order valence-corrected chi connectivity index (χ4v) is 8.63. The van der Waals surface area contributed by atoms with E-state index in [4.69, 9.17) is 0 Å². The van der Waals surface area contributed by atoms with Gasteiger partial charge in [0.25, 0.3) is 0 Å². The molecule has 2 N–H and O–H groups in total. The highest BCUT2D eigenvalue weighted by molar-refractivity contribution is 6.01. The van der Waals surface area contributed by atoms with E-state index in [0.29, 0.717) is 35.5 Å². The Balaban J connectivity index is 1.69. The van der Waals surface area contributed by atoms with Crippen LogP contribution in [0.4, 0.5) is 0 Å². The lowest BCUT2D eigenvalue weighted by molar-refractivity contribution is -0.169. The second-order valence-electron chi connectivity index (χ2n) is 7.56. The molecule has 4 bridgehead atoms. The summed E-state index contributed by atoms with van der Waals surface area (Å²) in [7, 11) is 0. The number of hydrogen-bond acceptors (Lipinski definition) is 2. The molecule has 10 atom stereocenters. The number of hydrogen-bond donors (Lipinski definition) is 2. The van der Waals surface area contributed by atoms with Crippen LogP contribution in [0.1, 0.15) is 6.42 Å². The lowest BCUT2D eigenvalue weighted by atomic mass is 9.60. The normalized spacial score (nSPS) is 69.1. The summed E-state index contributed by atoms with van der Waals surface area (Å²) in [6.45, 7) is 0. The van der Waals surface area contributed by atoms with Crippen LogP contribution < -0.4 is 0 Å². The van der Waals surface area contributed by atoms with Crippen molar-refractivity contribution < 1.29 is 19.8 Å². The molecule has 94 valence electrons. The number of carboxylic acids is 2. The van der Waals surface area contributed by atoms with Gasteiger partial charge in [-0.15, -0.1) is 0 Å². The summed E-state index contributed by atoms with van der Waals surface area (Å²) >= 11 is 0. The summed E-state index contributed by atoms with van der Waals surface area (Å²) in [6.07, 6.45) is 1.29. The van der Waals surface area contributed by atoms with Gasteiger partial charge in [0.05, 0.1) is 0 Å². The third kappa shape index (κ3) is 0.466. The minimum absolute atomic E-state index is 0.0220. The fourth-order valence-electron chi connectivity index (χ4n) is 8.63. The van der Waals surface area contributed by atoms with E-state index in [-0.39, 0.29) is 11.8 Å². The van der Waals surface area contributed by atoms with Crippen LogP contribution in [0.25, 0.3) is 0 Å². The molecule has 0 spiro atoms. The predicted molar refractivity (Wildman–Crippen MR) is 57.2 cm³/mol. The van der Waals surface area contributed by atoms with Crippen molar-refractivity contribution in [2.45, 2.75) is 6.42 Å². The van der Waals surface area contributed by atoms with E-state index in [9.17, 15) is 19.8 Å². The maximum Gasteiger partial charge on any atom is 0.321 e. The van der Waals surface area contributed by atoms with Gasteiger partial charge in [-0.3, -0.25) is 9.59 Å². The van der Waals surface area contributed by atoms with Gasteiger partial charge in [-0.2, -0.15) is 0 Å². The molecule has 0 aromatic rings. The van der Waals surface area contributed by atoms with Crippen molar-refractivity contribution in [3.63, 3.8) is 0 Å². The Morgan fingerprint density at radius 2 is 1.22 bits per heavy atom. The van der Waals surface area contributed by atoms with Crippen LogP contribution in [-0.4, -0.2) is 22.2 Å². The smallest absolute Gasteiger partial charge is 0.321 e. The Morgan fingerprint density at radius 1 is 0.778 bits per heavy atom. The molecule has 4 nitrogen and oxygen atoms in total. The van der Waals surface area contributed by atoms with E-state index in [1.54, 1.807) is 0 Å². The van der Waals surface area contributed by atoms with Gasteiger partial charge < -0.3 is 10.2 Å². The van der Waals surface area contributed by atoms with Crippen molar-refractivity contribution in [1.82, 2.24) is 0 Å². The standard InChI is InChI=1S/C14H14O4/c15-12(16)14(13(17)18)10-6-2-1-3-5-4(2)8(10)9(5)11(14)7(3)6/h2-11H,1H2,(H,15,16)(H,17,18)/t2-,3-,4+,5+,6+,7+,8-,9+,10+,11-/m0/s1. The Hall–Kier alpha value is -1.06. The van der Waals surface area contributed by atoms with Crippen molar-refractivity contribution in [1.29, 1.82) is 0 Å². The number of carboxylic acid groups (broad SMARTS) is 2. The third-order valence-corrected chi connectivity index (χ3v) is 8.16. The molecule has 0 unspecified atom stereocenters. The molecular formula is C14H14O4. The van der Waals surface area contributed by atoms with Gasteiger partial charge in [0, 0.05) is 0 Å². The van der Waals surface area contributed by atoms with E-state index in [2.05, 4.69) is 0 Å². The summed E-state index contributed by atoms with van der Waals surface area (Å²) in [5, 5.41) is 19.3. The molecule has 4 heteroatoms. The molecule has 7 fully saturated rings. The summed E-state index contributed by atoms with van der Waals surface area (Å²) in [6, 6.07) is 0. The molecule has 18 heavy (non-hydrogen) atoms. The van der Waals surface area contributed by atoms with Crippen molar-refractivity contribution in [3.8, 4) is 0 Å². The molecule has 0 aromatic heterocycles. The number of aliphatic carboxylic acids is 2. The molecule has 7 rings (SSSR count). The predicted octanol–water partition coefficient (Wildman–Crippen LogP) is 0.776. The molecule has 7 aliphatic carbocycles. The highest BCUT2D eigenvalue weighted by atomic mass is 16.4. The van der Waals surface area contributed by atoms with E-state index < -0.39 is 17.4 Å². The molecule has 7 saturated carbocycles. The maximum atomic E-state index is 11.8. The van der Waals surface area contributed by atoms with Gasteiger partial charge >= 0.3 is 11.9 Å². The highest BCUT2D eigenvalue weighted by Crippen LogP contribution is 2.94. The Bertz CT molecular complexity index is 502. The second kappa shape index (κ2) is 2.02. The molecular weight excluding hydrogens is 232 g/mol. The van der Waals surface area contributed by atoms with Gasteiger partial charge in [-0.25, -0.2) is 0 Å². The van der Waals surface area contributed by atoms with Gasteiger partial charge in [0.1, 0.15) is 0 Å². The van der Waals surface area contributed by atoms with Crippen LogP contribution in [0.2, 0.25) is 0 Å². The molecule has 0 heterocycles. The van der Waals surface area contributed by atoms with Gasteiger partial charge in [0.15, 0.2) is 5.41 Å². The van der Waals surface area contributed by atoms with Crippen molar-refractivity contribution in [3.05, 3.63) is 0 Å². The zero-order valence-electron chi connectivity index (χ0n) is 9.69. The van der Waals surface area contributed by atoms with Crippen molar-refractivity contribution in [2.24, 2.45) is 64.6 Å². The lowest BCUT2D eigenvalue weighted by Gasteiger charge is -2.44. The van der Waals surface area contributed by atoms with E-state index in [1.807, 2.05) is 0 Å². The van der Waals surface area contributed by atoms with Gasteiger partial charge in [0.2, 0.25) is 0 Å². The van der Waals surface area contributed by atoms with Gasteiger partial charge in [-0.1, -0.05) is 0 Å². The first-order valence-corrected chi connectivity index (χ1v) is 7.08. The average Bonchev–Trinajstić information content (AvgIpc) is 2.85. The molecule has 0 radical (unpaired) electrons. The largest absolute Gasteiger partial charge is 0.480 e. The summed E-state index contributed by atoms with van der Waals surface area (Å²) in [5.41, 5.74) is -1.40. The first-order chi connectivity index (χ1) is 8.61. The van der Waals surface area contributed by atoms with E-state index >= 15 is 0 Å². The van der Waals surface area contributed by atoms with Crippen molar-refractivity contribution >= 4 is 11.9 Å². The quantitative estimate of drug-likeness (QED) is 0.706. The SMILES string of the molecule is O=C(O)C1(C(=O)O)[C@@H]2[C@@H]3[C@@H]4[C@@H]5C[C@H]6[C@H]4[C@@H]3[C@H]1[C@H]6[C@@H]52. The van der Waals surface area contributed by atoms with E-state index in [0.717, 1.165) is 11.8 Å².